The van der Waals surface area contributed by atoms with Crippen LogP contribution in [0.2, 0.25) is 0 Å². The summed E-state index contributed by atoms with van der Waals surface area (Å²) >= 11 is 0. The molecule has 0 radical (unpaired) electrons. The second kappa shape index (κ2) is 14.7. The first-order valence-electron chi connectivity index (χ1n) is 20.0. The van der Waals surface area contributed by atoms with Crippen LogP contribution < -0.4 is 10.7 Å². The molecule has 1 saturated heterocycles. The first-order valence-corrected chi connectivity index (χ1v) is 20.0. The zero-order valence-electron chi connectivity index (χ0n) is 32.6. The summed E-state index contributed by atoms with van der Waals surface area (Å²) in [6.07, 6.45) is 6.72. The van der Waals surface area contributed by atoms with Crippen LogP contribution in [0.5, 0.6) is 5.75 Å². The van der Waals surface area contributed by atoms with Crippen LogP contribution in [0.25, 0.3) is 33.3 Å². The molecule has 0 spiro atoms. The van der Waals surface area contributed by atoms with Crippen LogP contribution in [0.3, 0.4) is 0 Å². The lowest BCUT2D eigenvalue weighted by molar-refractivity contribution is -0.155. The van der Waals surface area contributed by atoms with Gasteiger partial charge >= 0.3 is 5.97 Å². The summed E-state index contributed by atoms with van der Waals surface area (Å²) < 4.78 is 14.2. The van der Waals surface area contributed by atoms with Crippen molar-refractivity contribution in [1.82, 2.24) is 25.3 Å². The van der Waals surface area contributed by atoms with Crippen molar-refractivity contribution in [2.75, 3.05) is 20.3 Å². The highest BCUT2D eigenvalue weighted by Crippen LogP contribution is 2.57. The average molecular weight is 748 g/mol. The van der Waals surface area contributed by atoms with Crippen molar-refractivity contribution in [3.8, 4) is 28.1 Å². The lowest BCUT2D eigenvalue weighted by Gasteiger charge is -2.35. The third kappa shape index (κ3) is 7.13. The van der Waals surface area contributed by atoms with Crippen molar-refractivity contribution in [1.29, 1.82) is 0 Å². The minimum atomic E-state index is -0.887. The van der Waals surface area contributed by atoms with Crippen molar-refractivity contribution in [2.24, 2.45) is 23.2 Å². The quantitative estimate of drug-likeness (QED) is 0.191. The van der Waals surface area contributed by atoms with E-state index in [1.54, 1.807) is 25.4 Å². The number of hydrogen-bond donors (Lipinski definition) is 3. The number of hydrogen-bond acceptors (Lipinski definition) is 8. The number of methoxy groups -OCH3 is 1. The van der Waals surface area contributed by atoms with Gasteiger partial charge in [0.2, 0.25) is 5.91 Å². The Morgan fingerprint density at radius 3 is 2.65 bits per heavy atom. The highest BCUT2D eigenvalue weighted by molar-refractivity contribution is 5.95. The molecular weight excluding hydrogens is 695 g/mol. The highest BCUT2D eigenvalue weighted by Gasteiger charge is 2.57. The third-order valence-electron chi connectivity index (χ3n) is 12.4. The molecular formula is C44H53N5O6. The molecule has 2 aromatic carbocycles. The van der Waals surface area contributed by atoms with Gasteiger partial charge in [0.05, 0.1) is 24.1 Å². The molecule has 4 aromatic rings. The number of nitrogens with one attached hydrogen (secondary N) is 2. The average Bonchev–Trinajstić information content (AvgIpc) is 3.50. The van der Waals surface area contributed by atoms with Gasteiger partial charge in [-0.1, -0.05) is 32.4 Å². The second-order valence-electron chi connectivity index (χ2n) is 16.8. The molecule has 4 aliphatic rings. The second-order valence-corrected chi connectivity index (χ2v) is 16.8. The van der Waals surface area contributed by atoms with Crippen LogP contribution in [0.15, 0.2) is 54.7 Å². The molecule has 1 unspecified atom stereocenters. The highest BCUT2D eigenvalue weighted by atomic mass is 16.5. The maximum absolute atomic E-state index is 14.3. The minimum Gasteiger partial charge on any atom is -0.508 e. The van der Waals surface area contributed by atoms with E-state index >= 15 is 0 Å². The molecule has 2 aliphatic carbocycles. The molecule has 3 fully saturated rings. The number of phenols is 1. The Bertz CT molecular complexity index is 2130. The summed E-state index contributed by atoms with van der Waals surface area (Å²) in [6, 6.07) is 14.3. The van der Waals surface area contributed by atoms with Gasteiger partial charge in [-0.2, -0.15) is 0 Å². The van der Waals surface area contributed by atoms with E-state index in [1.807, 2.05) is 19.1 Å². The summed E-state index contributed by atoms with van der Waals surface area (Å²) in [6.45, 7) is 9.63. The third-order valence-corrected chi connectivity index (χ3v) is 12.4. The van der Waals surface area contributed by atoms with Crippen molar-refractivity contribution >= 4 is 28.7 Å². The molecule has 2 aliphatic heterocycles. The predicted octanol–water partition coefficient (Wildman–Crippen LogP) is 6.50. The predicted molar refractivity (Wildman–Crippen MR) is 210 cm³/mol. The van der Waals surface area contributed by atoms with Crippen LogP contribution in [0, 0.1) is 23.2 Å². The lowest BCUT2D eigenvalue weighted by atomic mass is 9.84. The van der Waals surface area contributed by atoms with Gasteiger partial charge in [-0.25, -0.2) is 5.43 Å². The Balaban J connectivity index is 1.26. The molecule has 6 bridgehead atoms. The number of aromatic nitrogens is 2. The molecule has 4 heterocycles. The molecule has 8 rings (SSSR count). The fourth-order valence-corrected chi connectivity index (χ4v) is 9.54. The summed E-state index contributed by atoms with van der Waals surface area (Å²) in [4.78, 5) is 46.4. The molecule has 290 valence electrons. The Morgan fingerprint density at radius 2 is 1.89 bits per heavy atom. The molecule has 6 atom stereocenters. The molecule has 11 heteroatoms. The lowest BCUT2D eigenvalue weighted by Crippen LogP contribution is -2.60. The number of aromatic hydroxyl groups is 1. The Kier molecular flexibility index (Phi) is 9.96. The number of rotatable bonds is 6. The van der Waals surface area contributed by atoms with Crippen molar-refractivity contribution < 1.29 is 29.0 Å². The van der Waals surface area contributed by atoms with E-state index in [9.17, 15) is 19.5 Å². The number of aryl methyl sites for hydroxylation is 1. The topological polar surface area (TPSA) is 135 Å². The number of ether oxygens (including phenoxy) is 2. The molecule has 3 N–H and O–H groups in total. The Labute approximate surface area is 322 Å². The SMILES string of the molecule is CCn1c(-c2cccnc2[C@H](C)OC)c2c3cc(ccc31)-c1cc(O)cc(c1)C[C@H](NC(=O)C1[C@H]3CCC[C@@H]13)C(=O)N1CCC[C@H](N1)C(=O)OCC(C)(C)C2. The van der Waals surface area contributed by atoms with Gasteiger partial charge in [0, 0.05) is 60.6 Å². The number of pyridine rings is 1. The first kappa shape index (κ1) is 37.2. The van der Waals surface area contributed by atoms with Crippen LogP contribution in [-0.4, -0.2) is 69.8 Å². The van der Waals surface area contributed by atoms with Crippen LogP contribution in [-0.2, 0) is 43.2 Å². The monoisotopic (exact) mass is 747 g/mol. The fraction of sp³-hybridized carbons (Fsp3) is 0.500. The van der Waals surface area contributed by atoms with Crippen molar-refractivity contribution in [3.05, 3.63) is 71.5 Å². The maximum Gasteiger partial charge on any atom is 0.324 e. The van der Waals surface area contributed by atoms with E-state index in [4.69, 9.17) is 14.5 Å². The standard InChI is InChI=1S/C44H53N5O6/c1-6-48-37-15-14-27-22-33(37)34(40(48)32-12-8-16-45-39(32)25(2)54-5)23-44(3,4)24-55-43(53)35-13-9-17-49(47-35)42(52)36(20-26-18-28(27)21-29(50)19-26)46-41(51)38-30-10-7-11-31(30)38/h8,12,14-16,18-19,21-22,25,30-31,35-36,38,47,50H,6-7,9-11,13,17,20,23-24H2,1-5H3,(H,46,51)/t25-,30-,31+,35-,36-,38?/m0/s1. The molecule has 11 nitrogen and oxygen atoms in total. The minimum absolute atomic E-state index is 0.0589. The number of amides is 2. The Morgan fingerprint density at radius 1 is 1.09 bits per heavy atom. The summed E-state index contributed by atoms with van der Waals surface area (Å²) in [5, 5.41) is 16.8. The van der Waals surface area contributed by atoms with E-state index in [0.717, 1.165) is 69.4 Å². The van der Waals surface area contributed by atoms with E-state index < -0.39 is 23.5 Å². The van der Waals surface area contributed by atoms with Gasteiger partial charge in [-0.15, -0.1) is 0 Å². The molecule has 2 amide bonds. The van der Waals surface area contributed by atoms with Crippen molar-refractivity contribution in [3.63, 3.8) is 0 Å². The number of cyclic esters (lactones) is 1. The van der Waals surface area contributed by atoms with Gasteiger partial charge in [0.1, 0.15) is 17.8 Å². The van der Waals surface area contributed by atoms with Gasteiger partial charge in [0.25, 0.3) is 5.91 Å². The van der Waals surface area contributed by atoms with Crippen LogP contribution >= 0.6 is 0 Å². The number of benzene rings is 2. The number of carbonyl (C=O) groups excluding carboxylic acids is 3. The van der Waals surface area contributed by atoms with E-state index in [0.29, 0.717) is 44.2 Å². The smallest absolute Gasteiger partial charge is 0.324 e. The summed E-state index contributed by atoms with van der Waals surface area (Å²) in [5.74, 6) is 0.0196. The van der Waals surface area contributed by atoms with E-state index in [2.05, 4.69) is 60.3 Å². The number of phenolic OH excluding ortho intramolecular Hbond substituents is 1. The zero-order chi connectivity index (χ0) is 38.6. The number of carbonyl (C=O) groups is 3. The fourth-order valence-electron chi connectivity index (χ4n) is 9.54. The zero-order valence-corrected chi connectivity index (χ0v) is 32.6. The van der Waals surface area contributed by atoms with Gasteiger partial charge < -0.3 is 24.5 Å². The number of esters is 1. The molecule has 2 aromatic heterocycles. The van der Waals surface area contributed by atoms with Gasteiger partial charge in [-0.3, -0.25) is 24.4 Å². The molecule has 2 saturated carbocycles. The Hall–Kier alpha value is -4.74. The maximum atomic E-state index is 14.3. The first-order chi connectivity index (χ1) is 26.5. The molecule has 55 heavy (non-hydrogen) atoms. The van der Waals surface area contributed by atoms with Crippen LogP contribution in [0.4, 0.5) is 0 Å². The number of nitrogens with zero attached hydrogens (tertiary/aromatic N) is 3. The normalized spacial score (nSPS) is 25.5. The van der Waals surface area contributed by atoms with Crippen LogP contribution in [0.1, 0.15) is 82.7 Å². The van der Waals surface area contributed by atoms with E-state index in [1.165, 1.54) is 5.01 Å². The number of hydrazine groups is 1. The largest absolute Gasteiger partial charge is 0.508 e. The van der Waals surface area contributed by atoms with E-state index in [-0.39, 0.29) is 42.6 Å². The summed E-state index contributed by atoms with van der Waals surface area (Å²) in [7, 11) is 1.69. The van der Waals surface area contributed by atoms with Crippen molar-refractivity contribution in [2.45, 2.75) is 97.4 Å². The summed E-state index contributed by atoms with van der Waals surface area (Å²) in [5.41, 5.74) is 10.2. The number of fused-ring (bicyclic) bond motifs is 7. The van der Waals surface area contributed by atoms with Gasteiger partial charge in [0.15, 0.2) is 0 Å². The van der Waals surface area contributed by atoms with Gasteiger partial charge in [-0.05, 0) is 116 Å².